The number of rotatable bonds is 6. The van der Waals surface area contributed by atoms with E-state index in [4.69, 9.17) is 0 Å². The van der Waals surface area contributed by atoms with Crippen LogP contribution in [-0.2, 0) is 11.2 Å². The van der Waals surface area contributed by atoms with Gasteiger partial charge >= 0.3 is 6.03 Å². The molecule has 1 fully saturated rings. The van der Waals surface area contributed by atoms with E-state index >= 15 is 0 Å². The maximum absolute atomic E-state index is 12.4. The van der Waals surface area contributed by atoms with Gasteiger partial charge < -0.3 is 15.1 Å². The lowest BCUT2D eigenvalue weighted by Gasteiger charge is -2.33. The minimum absolute atomic E-state index is 0. The number of nitrogens with zero attached hydrogens (tertiary/aromatic N) is 2. The molecule has 134 valence electrons. The Kier molecular flexibility index (Phi) is 9.18. The summed E-state index contributed by atoms with van der Waals surface area (Å²) in [6, 6.07) is 9.93. The smallest absolute Gasteiger partial charge is 0.317 e. The van der Waals surface area contributed by atoms with Gasteiger partial charge in [0.2, 0.25) is 0 Å². The number of piperazine rings is 1. The van der Waals surface area contributed by atoms with Gasteiger partial charge in [0.25, 0.3) is 0 Å². The molecule has 2 rings (SSSR count). The molecular weight excluding hydrogens is 346 g/mol. The molecule has 0 saturated carbocycles. The van der Waals surface area contributed by atoms with Crippen LogP contribution < -0.4 is 5.32 Å². The summed E-state index contributed by atoms with van der Waals surface area (Å²) < 4.78 is 0. The summed E-state index contributed by atoms with van der Waals surface area (Å²) in [5.41, 5.74) is 1.16. The average Bonchev–Trinajstić information content (AvgIpc) is 2.54. The summed E-state index contributed by atoms with van der Waals surface area (Å²) >= 11 is 3.83. The van der Waals surface area contributed by atoms with Crippen molar-refractivity contribution in [3.8, 4) is 0 Å². The molecule has 0 aromatic heterocycles. The van der Waals surface area contributed by atoms with Crippen LogP contribution in [0.15, 0.2) is 30.3 Å². The summed E-state index contributed by atoms with van der Waals surface area (Å²) in [6.07, 6.45) is 1.70. The Balaban J connectivity index is 0.00000288. The van der Waals surface area contributed by atoms with Gasteiger partial charge in [0.1, 0.15) is 0 Å². The summed E-state index contributed by atoms with van der Waals surface area (Å²) in [6.45, 7) is 3.27. The van der Waals surface area contributed by atoms with E-state index in [2.05, 4.69) is 29.9 Å². The molecule has 1 aliphatic heterocycles. The quantitative estimate of drug-likeness (QED) is 0.754. The second-order valence-corrected chi connectivity index (χ2v) is 6.56. The first-order chi connectivity index (χ1) is 11.0. The van der Waals surface area contributed by atoms with E-state index in [1.54, 1.807) is 0 Å². The fraction of sp³-hybridized carbons (Fsp3) is 0.529. The van der Waals surface area contributed by atoms with Gasteiger partial charge in [-0.3, -0.25) is 4.79 Å². The molecule has 5 nitrogen and oxygen atoms in total. The first-order valence-corrected chi connectivity index (χ1v) is 8.49. The van der Waals surface area contributed by atoms with Crippen LogP contribution in [0.4, 0.5) is 4.79 Å². The van der Waals surface area contributed by atoms with Crippen molar-refractivity contribution in [2.24, 2.45) is 0 Å². The van der Waals surface area contributed by atoms with E-state index in [9.17, 15) is 9.59 Å². The Morgan fingerprint density at radius 2 is 1.79 bits per heavy atom. The molecule has 1 unspecified atom stereocenters. The van der Waals surface area contributed by atoms with Gasteiger partial charge in [-0.1, -0.05) is 30.3 Å². The second kappa shape index (κ2) is 10.6. The topological polar surface area (TPSA) is 52.6 Å². The van der Waals surface area contributed by atoms with Gasteiger partial charge in [0, 0.05) is 38.6 Å². The first kappa shape index (κ1) is 20.8. The Hall–Kier alpha value is -1.24. The maximum atomic E-state index is 12.4. The molecule has 1 heterocycles. The number of likely N-dealkylation sites (N-methyl/N-ethyl adjacent to an activating group) is 1. The van der Waals surface area contributed by atoms with Crippen LogP contribution in [0.2, 0.25) is 0 Å². The number of carbonyl (C=O) groups excluding carboxylic acids is 2. The fourth-order valence-corrected chi connectivity index (χ4v) is 2.83. The highest BCUT2D eigenvalue weighted by molar-refractivity contribution is 7.96. The minimum atomic E-state index is -0.142. The second-order valence-electron chi connectivity index (χ2n) is 6.06. The third-order valence-electron chi connectivity index (χ3n) is 4.15. The third-order valence-corrected chi connectivity index (χ3v) is 4.37. The van der Waals surface area contributed by atoms with Crippen LogP contribution in [-0.4, -0.2) is 60.2 Å². The molecule has 7 heteroatoms. The third kappa shape index (κ3) is 7.11. The van der Waals surface area contributed by atoms with Crippen molar-refractivity contribution in [1.82, 2.24) is 15.1 Å². The number of hydrogen-bond acceptors (Lipinski definition) is 3. The van der Waals surface area contributed by atoms with Crippen molar-refractivity contribution in [2.45, 2.75) is 25.3 Å². The first-order valence-electron chi connectivity index (χ1n) is 8.04. The van der Waals surface area contributed by atoms with E-state index in [0.717, 1.165) is 38.2 Å². The molecule has 0 aliphatic carbocycles. The van der Waals surface area contributed by atoms with Crippen molar-refractivity contribution >= 4 is 36.2 Å². The largest absolute Gasteiger partial charge is 0.335 e. The van der Waals surface area contributed by atoms with Crippen molar-refractivity contribution in [2.75, 3.05) is 33.2 Å². The van der Waals surface area contributed by atoms with E-state index in [-0.39, 0.29) is 29.6 Å². The SMILES string of the molecule is CN1CCN(C(=O)NC(CCC(=O)S)Cc2ccccc2)CC1.Cl. The number of thiol groups is 1. The zero-order valence-electron chi connectivity index (χ0n) is 14.0. The van der Waals surface area contributed by atoms with Crippen molar-refractivity contribution in [1.29, 1.82) is 0 Å². The molecule has 1 N–H and O–H groups in total. The minimum Gasteiger partial charge on any atom is -0.335 e. The Morgan fingerprint density at radius 1 is 1.17 bits per heavy atom. The molecule has 2 amide bonds. The van der Waals surface area contributed by atoms with Crippen molar-refractivity contribution in [3.63, 3.8) is 0 Å². The molecule has 1 aromatic rings. The van der Waals surface area contributed by atoms with E-state index < -0.39 is 0 Å². The number of nitrogens with one attached hydrogen (secondary N) is 1. The lowest BCUT2D eigenvalue weighted by molar-refractivity contribution is -0.111. The highest BCUT2D eigenvalue weighted by atomic mass is 35.5. The van der Waals surface area contributed by atoms with Crippen LogP contribution in [0, 0.1) is 0 Å². The molecule has 0 radical (unpaired) electrons. The number of amides is 2. The summed E-state index contributed by atoms with van der Waals surface area (Å²) in [5, 5.41) is 2.95. The Morgan fingerprint density at radius 3 is 2.38 bits per heavy atom. The molecule has 0 bridgehead atoms. The van der Waals surface area contributed by atoms with Crippen LogP contribution in [0.25, 0.3) is 0 Å². The monoisotopic (exact) mass is 371 g/mol. The van der Waals surface area contributed by atoms with Gasteiger partial charge in [0.15, 0.2) is 5.12 Å². The van der Waals surface area contributed by atoms with E-state index in [1.807, 2.05) is 35.2 Å². The van der Waals surface area contributed by atoms with Crippen LogP contribution in [0.1, 0.15) is 18.4 Å². The number of hydrogen-bond donors (Lipinski definition) is 2. The Bertz CT molecular complexity index is 522. The molecular formula is C17H26ClN3O2S. The number of benzene rings is 1. The van der Waals surface area contributed by atoms with Crippen LogP contribution in [0.3, 0.4) is 0 Å². The van der Waals surface area contributed by atoms with Gasteiger partial charge in [-0.2, -0.15) is 0 Å². The zero-order chi connectivity index (χ0) is 16.7. The van der Waals surface area contributed by atoms with Gasteiger partial charge in [0.05, 0.1) is 0 Å². The lowest BCUT2D eigenvalue weighted by Crippen LogP contribution is -2.52. The van der Waals surface area contributed by atoms with Crippen molar-refractivity contribution < 1.29 is 9.59 Å². The molecule has 0 spiro atoms. The summed E-state index contributed by atoms with van der Waals surface area (Å²) in [5.74, 6) is 0. The summed E-state index contributed by atoms with van der Waals surface area (Å²) in [7, 11) is 2.06. The zero-order valence-corrected chi connectivity index (χ0v) is 15.7. The van der Waals surface area contributed by atoms with Crippen LogP contribution in [0.5, 0.6) is 0 Å². The van der Waals surface area contributed by atoms with Gasteiger partial charge in [-0.05, 0) is 25.5 Å². The number of halogens is 1. The molecule has 24 heavy (non-hydrogen) atoms. The van der Waals surface area contributed by atoms with Gasteiger partial charge in [-0.15, -0.1) is 25.0 Å². The molecule has 1 saturated heterocycles. The van der Waals surface area contributed by atoms with Crippen molar-refractivity contribution in [3.05, 3.63) is 35.9 Å². The molecule has 1 atom stereocenters. The number of carbonyl (C=O) groups is 2. The standard InChI is InChI=1S/C17H25N3O2S.ClH/c1-19-9-11-20(12-10-19)17(22)18-15(7-8-16(21)23)13-14-5-3-2-4-6-14;/h2-6,15H,7-13H2,1H3,(H,18,22)(H,21,23);1H. The highest BCUT2D eigenvalue weighted by Gasteiger charge is 2.22. The average molecular weight is 372 g/mol. The van der Waals surface area contributed by atoms with Crippen LogP contribution >= 0.6 is 25.0 Å². The highest BCUT2D eigenvalue weighted by Crippen LogP contribution is 2.10. The normalized spacial score (nSPS) is 16.2. The predicted octanol–water partition coefficient (Wildman–Crippen LogP) is 2.21. The number of urea groups is 1. The van der Waals surface area contributed by atoms with Gasteiger partial charge in [-0.25, -0.2) is 4.79 Å². The van der Waals surface area contributed by atoms with E-state index in [1.165, 1.54) is 0 Å². The lowest BCUT2D eigenvalue weighted by atomic mass is 10.0. The molecule has 1 aliphatic rings. The maximum Gasteiger partial charge on any atom is 0.317 e. The predicted molar refractivity (Wildman–Crippen MR) is 102 cm³/mol. The fourth-order valence-electron chi connectivity index (χ4n) is 2.70. The summed E-state index contributed by atoms with van der Waals surface area (Å²) in [4.78, 5) is 27.7. The Labute approximate surface area is 155 Å². The molecule has 1 aromatic carbocycles. The van der Waals surface area contributed by atoms with E-state index in [0.29, 0.717) is 12.8 Å².